The number of thiophene rings is 1. The largest absolute Gasteiger partial charge is 0.351 e. The predicted octanol–water partition coefficient (Wildman–Crippen LogP) is 4.76. The van der Waals surface area contributed by atoms with E-state index < -0.39 is 23.7 Å². The zero-order valence-electron chi connectivity index (χ0n) is 19.5. The Morgan fingerprint density at radius 3 is 2.43 bits per heavy atom. The Balaban J connectivity index is 1.71. The number of rotatable bonds is 8. The molecule has 3 aromatic rings. The highest BCUT2D eigenvalue weighted by Crippen LogP contribution is 2.32. The normalized spacial score (nSPS) is 14.3. The number of anilines is 1. The molecule has 0 radical (unpaired) electrons. The topological polar surface area (TPSA) is 78.5 Å². The molecule has 0 saturated heterocycles. The molecule has 0 bridgehead atoms. The lowest BCUT2D eigenvalue weighted by atomic mass is 9.97. The third-order valence-electron chi connectivity index (χ3n) is 6.22. The number of nitrogens with zero attached hydrogens (tertiary/aromatic N) is 1. The number of benzene rings is 2. The molecule has 4 rings (SSSR count). The van der Waals surface area contributed by atoms with Gasteiger partial charge in [0.25, 0.3) is 5.91 Å². The summed E-state index contributed by atoms with van der Waals surface area (Å²) in [6, 6.07) is 15.5. The molecule has 1 aliphatic rings. The summed E-state index contributed by atoms with van der Waals surface area (Å²) in [4.78, 5) is 41.4. The number of halogens is 1. The minimum Gasteiger partial charge on any atom is -0.351 e. The maximum atomic E-state index is 15.1. The van der Waals surface area contributed by atoms with Crippen LogP contribution in [0.4, 0.5) is 10.1 Å². The van der Waals surface area contributed by atoms with Crippen LogP contribution in [-0.4, -0.2) is 30.3 Å². The van der Waals surface area contributed by atoms with Crippen LogP contribution in [0.2, 0.25) is 0 Å². The Bertz CT molecular complexity index is 1190. The molecule has 182 valence electrons. The third kappa shape index (κ3) is 5.77. The van der Waals surface area contributed by atoms with Gasteiger partial charge in [0, 0.05) is 6.04 Å². The standard InChI is InChI=1S/C27H28FN3O3S/c1-18-9-2-5-12-20(18)25(27(34)30-19-10-3-4-11-19)31(22-14-7-6-13-21(22)28)24(32)17-29-26(33)23-15-8-16-35-23/h2,5-9,12-16,19,25H,3-4,10-11,17H2,1H3,(H,29,33)(H,30,34). The van der Waals surface area contributed by atoms with E-state index in [1.807, 2.05) is 19.1 Å². The van der Waals surface area contributed by atoms with Gasteiger partial charge >= 0.3 is 0 Å². The van der Waals surface area contributed by atoms with Gasteiger partial charge in [-0.05, 0) is 54.5 Å². The molecule has 6 nitrogen and oxygen atoms in total. The van der Waals surface area contributed by atoms with Crippen molar-refractivity contribution >= 4 is 34.7 Å². The number of carbonyl (C=O) groups excluding carboxylic acids is 3. The van der Waals surface area contributed by atoms with Crippen LogP contribution in [0, 0.1) is 12.7 Å². The first-order chi connectivity index (χ1) is 17.0. The molecular formula is C27H28FN3O3S. The number of aryl methyl sites for hydroxylation is 1. The Morgan fingerprint density at radius 1 is 1.03 bits per heavy atom. The van der Waals surface area contributed by atoms with Crippen LogP contribution >= 0.6 is 11.3 Å². The van der Waals surface area contributed by atoms with Gasteiger partial charge in [-0.15, -0.1) is 11.3 Å². The van der Waals surface area contributed by atoms with Crippen molar-refractivity contribution in [2.45, 2.75) is 44.7 Å². The molecule has 0 aliphatic heterocycles. The second-order valence-electron chi connectivity index (χ2n) is 8.62. The van der Waals surface area contributed by atoms with Crippen LogP contribution in [0.5, 0.6) is 0 Å². The van der Waals surface area contributed by atoms with Gasteiger partial charge in [-0.2, -0.15) is 0 Å². The van der Waals surface area contributed by atoms with E-state index in [4.69, 9.17) is 0 Å². The first kappa shape index (κ1) is 24.6. The van der Waals surface area contributed by atoms with E-state index in [2.05, 4.69) is 10.6 Å². The van der Waals surface area contributed by atoms with Crippen molar-refractivity contribution in [2.75, 3.05) is 11.4 Å². The monoisotopic (exact) mass is 493 g/mol. The van der Waals surface area contributed by atoms with Gasteiger partial charge in [-0.25, -0.2) is 4.39 Å². The van der Waals surface area contributed by atoms with Crippen molar-refractivity contribution in [2.24, 2.45) is 0 Å². The van der Waals surface area contributed by atoms with Crippen molar-refractivity contribution in [1.82, 2.24) is 10.6 Å². The van der Waals surface area contributed by atoms with Crippen LogP contribution in [0.1, 0.15) is 52.5 Å². The number of para-hydroxylation sites is 1. The van der Waals surface area contributed by atoms with Crippen LogP contribution in [0.3, 0.4) is 0 Å². The zero-order chi connectivity index (χ0) is 24.8. The lowest BCUT2D eigenvalue weighted by Gasteiger charge is -2.33. The Kier molecular flexibility index (Phi) is 7.92. The van der Waals surface area contributed by atoms with Crippen LogP contribution < -0.4 is 15.5 Å². The lowest BCUT2D eigenvalue weighted by Crippen LogP contribution is -2.49. The fraction of sp³-hybridized carbons (Fsp3) is 0.296. The molecule has 1 heterocycles. The summed E-state index contributed by atoms with van der Waals surface area (Å²) in [5.41, 5.74) is 1.39. The average molecular weight is 494 g/mol. The SMILES string of the molecule is Cc1ccccc1C(C(=O)NC1CCCC1)N(C(=O)CNC(=O)c1cccs1)c1ccccc1F. The van der Waals surface area contributed by atoms with E-state index >= 15 is 4.39 Å². The molecule has 1 aliphatic carbocycles. The van der Waals surface area contributed by atoms with Gasteiger partial charge in [0.05, 0.1) is 17.1 Å². The van der Waals surface area contributed by atoms with Crippen molar-refractivity contribution in [3.8, 4) is 0 Å². The quantitative estimate of drug-likeness (QED) is 0.475. The minimum absolute atomic E-state index is 0.0160. The number of amides is 3. The fourth-order valence-corrected chi connectivity index (χ4v) is 5.08. The number of hydrogen-bond acceptors (Lipinski definition) is 4. The molecule has 8 heteroatoms. The van der Waals surface area contributed by atoms with E-state index in [-0.39, 0.29) is 24.2 Å². The molecule has 0 spiro atoms. The van der Waals surface area contributed by atoms with Gasteiger partial charge < -0.3 is 10.6 Å². The third-order valence-corrected chi connectivity index (χ3v) is 7.09. The Labute approximate surface area is 208 Å². The van der Waals surface area contributed by atoms with E-state index in [0.29, 0.717) is 10.4 Å². The van der Waals surface area contributed by atoms with E-state index in [0.717, 1.165) is 31.2 Å². The van der Waals surface area contributed by atoms with Crippen LogP contribution in [0.15, 0.2) is 66.0 Å². The van der Waals surface area contributed by atoms with Gasteiger partial charge in [0.15, 0.2) is 0 Å². The summed E-state index contributed by atoms with van der Waals surface area (Å²) in [5, 5.41) is 7.46. The highest BCUT2D eigenvalue weighted by Gasteiger charge is 2.36. The van der Waals surface area contributed by atoms with Crippen molar-refractivity contribution in [3.63, 3.8) is 0 Å². The highest BCUT2D eigenvalue weighted by atomic mass is 32.1. The summed E-state index contributed by atoms with van der Waals surface area (Å²) < 4.78 is 15.1. The molecule has 2 aromatic carbocycles. The first-order valence-corrected chi connectivity index (χ1v) is 12.6. The molecule has 1 unspecified atom stereocenters. The summed E-state index contributed by atoms with van der Waals surface area (Å²) >= 11 is 1.26. The van der Waals surface area contributed by atoms with E-state index in [9.17, 15) is 14.4 Å². The van der Waals surface area contributed by atoms with E-state index in [1.54, 1.807) is 35.7 Å². The van der Waals surface area contributed by atoms with Crippen molar-refractivity contribution in [3.05, 3.63) is 87.9 Å². The molecular weight excluding hydrogens is 465 g/mol. The second-order valence-corrected chi connectivity index (χ2v) is 9.57. The highest BCUT2D eigenvalue weighted by molar-refractivity contribution is 7.12. The maximum Gasteiger partial charge on any atom is 0.261 e. The fourth-order valence-electron chi connectivity index (χ4n) is 4.44. The first-order valence-electron chi connectivity index (χ1n) is 11.7. The molecule has 2 N–H and O–H groups in total. The lowest BCUT2D eigenvalue weighted by molar-refractivity contribution is -0.126. The van der Waals surface area contributed by atoms with Gasteiger partial charge in [0.1, 0.15) is 11.9 Å². The van der Waals surface area contributed by atoms with Crippen LogP contribution in [-0.2, 0) is 9.59 Å². The predicted molar refractivity (Wildman–Crippen MR) is 135 cm³/mol. The summed E-state index contributed by atoms with van der Waals surface area (Å²) in [6.07, 6.45) is 3.81. The molecule has 3 amide bonds. The van der Waals surface area contributed by atoms with Crippen LogP contribution in [0.25, 0.3) is 0 Å². The van der Waals surface area contributed by atoms with Gasteiger partial charge in [0.2, 0.25) is 11.8 Å². The Hall–Kier alpha value is -3.52. The molecule has 1 aromatic heterocycles. The molecule has 1 saturated carbocycles. The number of nitrogens with one attached hydrogen (secondary N) is 2. The second kappa shape index (κ2) is 11.3. The summed E-state index contributed by atoms with van der Waals surface area (Å²) in [7, 11) is 0. The summed E-state index contributed by atoms with van der Waals surface area (Å²) in [5.74, 6) is -1.98. The minimum atomic E-state index is -1.10. The maximum absolute atomic E-state index is 15.1. The van der Waals surface area contributed by atoms with Crippen molar-refractivity contribution < 1.29 is 18.8 Å². The van der Waals surface area contributed by atoms with Crippen molar-refractivity contribution in [1.29, 1.82) is 0 Å². The summed E-state index contributed by atoms with van der Waals surface area (Å²) in [6.45, 7) is 1.47. The smallest absolute Gasteiger partial charge is 0.261 e. The van der Waals surface area contributed by atoms with Gasteiger partial charge in [-0.3, -0.25) is 19.3 Å². The number of hydrogen-bond donors (Lipinski definition) is 2. The van der Waals surface area contributed by atoms with E-state index in [1.165, 1.54) is 34.4 Å². The van der Waals surface area contributed by atoms with Gasteiger partial charge in [-0.1, -0.05) is 55.3 Å². The molecule has 1 fully saturated rings. The number of carbonyl (C=O) groups is 3. The molecule has 1 atom stereocenters. The average Bonchev–Trinajstić information content (AvgIpc) is 3.57. The zero-order valence-corrected chi connectivity index (χ0v) is 20.3. The molecule has 35 heavy (non-hydrogen) atoms. The Morgan fingerprint density at radius 2 is 1.74 bits per heavy atom.